The van der Waals surface area contributed by atoms with E-state index in [-0.39, 0.29) is 30.6 Å². The van der Waals surface area contributed by atoms with Crippen molar-refractivity contribution in [2.24, 2.45) is 7.05 Å². The average molecular weight is 280 g/mol. The van der Waals surface area contributed by atoms with Crippen molar-refractivity contribution in [1.29, 1.82) is 0 Å². The van der Waals surface area contributed by atoms with Gasteiger partial charge in [0.25, 0.3) is 0 Å². The van der Waals surface area contributed by atoms with Crippen molar-refractivity contribution in [2.45, 2.75) is 43.2 Å². The van der Waals surface area contributed by atoms with Crippen LogP contribution in [-0.2, 0) is 11.8 Å². The molecule has 2 bridgehead atoms. The van der Waals surface area contributed by atoms with Crippen LogP contribution in [0.25, 0.3) is 0 Å². The van der Waals surface area contributed by atoms with Crippen LogP contribution in [-0.4, -0.2) is 56.7 Å². The van der Waals surface area contributed by atoms with Gasteiger partial charge in [-0.2, -0.15) is 0 Å². The van der Waals surface area contributed by atoms with E-state index < -0.39 is 5.79 Å². The fourth-order valence-corrected chi connectivity index (χ4v) is 3.42. The Bertz CT molecular complexity index is 525. The highest BCUT2D eigenvalue weighted by Gasteiger charge is 2.51. The SMILES string of the molecule is CN1[C@@H]2C[C@H](OC(=O)c3cccn3C)[C@@H]1CC(O)(O)C2. The fourth-order valence-electron chi connectivity index (χ4n) is 3.42. The summed E-state index contributed by atoms with van der Waals surface area (Å²) in [4.78, 5) is 14.2. The first kappa shape index (κ1) is 13.6. The Morgan fingerprint density at radius 2 is 2.15 bits per heavy atom. The van der Waals surface area contributed by atoms with E-state index in [1.54, 1.807) is 29.9 Å². The van der Waals surface area contributed by atoms with E-state index in [1.807, 2.05) is 7.05 Å². The topological polar surface area (TPSA) is 74.9 Å². The summed E-state index contributed by atoms with van der Waals surface area (Å²) in [5.41, 5.74) is 0.508. The predicted molar refractivity (Wildman–Crippen MR) is 71.0 cm³/mol. The molecule has 0 unspecified atom stereocenters. The quantitative estimate of drug-likeness (QED) is 0.593. The minimum Gasteiger partial charge on any atom is -0.456 e. The molecule has 0 aliphatic carbocycles. The number of fused-ring (bicyclic) bond motifs is 2. The van der Waals surface area contributed by atoms with Crippen LogP contribution in [0.3, 0.4) is 0 Å². The summed E-state index contributed by atoms with van der Waals surface area (Å²) in [6.07, 6.45) is 2.68. The summed E-state index contributed by atoms with van der Waals surface area (Å²) < 4.78 is 7.31. The third-order valence-corrected chi connectivity index (χ3v) is 4.54. The Labute approximate surface area is 117 Å². The first-order valence-corrected chi connectivity index (χ1v) is 6.86. The van der Waals surface area contributed by atoms with Crippen molar-refractivity contribution >= 4 is 5.97 Å². The number of esters is 1. The van der Waals surface area contributed by atoms with E-state index in [9.17, 15) is 15.0 Å². The minimum absolute atomic E-state index is 0.0509. The molecule has 0 spiro atoms. The monoisotopic (exact) mass is 280 g/mol. The highest BCUT2D eigenvalue weighted by Crippen LogP contribution is 2.40. The Balaban J connectivity index is 1.73. The molecule has 0 radical (unpaired) electrons. The maximum atomic E-state index is 12.2. The molecule has 6 heteroatoms. The van der Waals surface area contributed by atoms with Crippen molar-refractivity contribution in [2.75, 3.05) is 7.05 Å². The zero-order valence-electron chi connectivity index (χ0n) is 11.7. The minimum atomic E-state index is -1.64. The number of aryl methyl sites for hydroxylation is 1. The lowest BCUT2D eigenvalue weighted by Gasteiger charge is -2.39. The van der Waals surface area contributed by atoms with Gasteiger partial charge >= 0.3 is 5.97 Å². The molecule has 2 aliphatic rings. The Morgan fingerprint density at radius 3 is 2.80 bits per heavy atom. The second kappa shape index (κ2) is 4.58. The number of aromatic nitrogens is 1. The zero-order chi connectivity index (χ0) is 14.5. The van der Waals surface area contributed by atoms with Crippen LogP contribution < -0.4 is 0 Å². The lowest BCUT2D eigenvalue weighted by Crippen LogP contribution is -2.51. The number of piperidine rings is 1. The summed E-state index contributed by atoms with van der Waals surface area (Å²) in [7, 11) is 3.74. The molecule has 20 heavy (non-hydrogen) atoms. The van der Waals surface area contributed by atoms with E-state index in [1.165, 1.54) is 0 Å². The molecule has 2 fully saturated rings. The summed E-state index contributed by atoms with van der Waals surface area (Å²) in [6.45, 7) is 0. The summed E-state index contributed by atoms with van der Waals surface area (Å²) in [5, 5.41) is 19.7. The third kappa shape index (κ3) is 2.24. The molecule has 2 saturated heterocycles. The molecule has 1 aromatic heterocycles. The summed E-state index contributed by atoms with van der Waals surface area (Å²) >= 11 is 0. The number of hydrogen-bond donors (Lipinski definition) is 2. The number of likely N-dealkylation sites (N-methyl/N-ethyl adjacent to an activating group) is 1. The number of nitrogens with zero attached hydrogens (tertiary/aromatic N) is 2. The standard InChI is InChI=1S/C14H20N2O4/c1-15-5-3-4-10(15)13(17)20-12-6-9-7-14(18,19)8-11(12)16(9)2/h3-5,9,11-12,18-19H,6-8H2,1-2H3/t9-,11+,12+/m1/s1. The van der Waals surface area contributed by atoms with Gasteiger partial charge in [0.1, 0.15) is 11.8 Å². The van der Waals surface area contributed by atoms with E-state index in [2.05, 4.69) is 4.90 Å². The Morgan fingerprint density at radius 1 is 1.40 bits per heavy atom. The normalized spacial score (nSPS) is 32.3. The highest BCUT2D eigenvalue weighted by molar-refractivity contribution is 5.87. The van der Waals surface area contributed by atoms with Crippen LogP contribution in [0.15, 0.2) is 18.3 Å². The molecule has 2 N–H and O–H groups in total. The van der Waals surface area contributed by atoms with Gasteiger partial charge in [-0.1, -0.05) is 0 Å². The molecule has 0 aromatic carbocycles. The van der Waals surface area contributed by atoms with Crippen LogP contribution >= 0.6 is 0 Å². The van der Waals surface area contributed by atoms with E-state index in [0.717, 1.165) is 0 Å². The fraction of sp³-hybridized carbons (Fsp3) is 0.643. The first-order chi connectivity index (χ1) is 9.37. The van der Waals surface area contributed by atoms with Crippen LogP contribution in [0.2, 0.25) is 0 Å². The molecular formula is C14H20N2O4. The second-order valence-electron chi connectivity index (χ2n) is 5.96. The third-order valence-electron chi connectivity index (χ3n) is 4.54. The van der Waals surface area contributed by atoms with Gasteiger partial charge in [0, 0.05) is 38.5 Å². The molecule has 0 saturated carbocycles. The number of carbonyl (C=O) groups excluding carboxylic acids is 1. The van der Waals surface area contributed by atoms with Crippen LogP contribution in [0.1, 0.15) is 29.8 Å². The van der Waals surface area contributed by atoms with E-state index in [4.69, 9.17) is 4.74 Å². The molecule has 0 amide bonds. The molecule has 110 valence electrons. The van der Waals surface area contributed by atoms with Crippen molar-refractivity contribution in [3.8, 4) is 0 Å². The van der Waals surface area contributed by atoms with Gasteiger partial charge in [0.15, 0.2) is 5.79 Å². The Kier molecular flexibility index (Phi) is 3.12. The van der Waals surface area contributed by atoms with Crippen LogP contribution in [0, 0.1) is 0 Å². The van der Waals surface area contributed by atoms with Gasteiger partial charge in [0.2, 0.25) is 0 Å². The smallest absolute Gasteiger partial charge is 0.355 e. The maximum Gasteiger partial charge on any atom is 0.355 e. The summed E-state index contributed by atoms with van der Waals surface area (Å²) in [5.74, 6) is -2.00. The molecule has 6 nitrogen and oxygen atoms in total. The largest absolute Gasteiger partial charge is 0.456 e. The second-order valence-corrected chi connectivity index (χ2v) is 5.96. The van der Waals surface area contributed by atoms with Gasteiger partial charge in [-0.25, -0.2) is 4.79 Å². The maximum absolute atomic E-state index is 12.2. The molecule has 2 aliphatic heterocycles. The summed E-state index contributed by atoms with van der Waals surface area (Å²) in [6, 6.07) is 3.43. The lowest BCUT2D eigenvalue weighted by atomic mass is 9.97. The van der Waals surface area contributed by atoms with Crippen LogP contribution in [0.4, 0.5) is 0 Å². The molecule has 3 heterocycles. The van der Waals surface area contributed by atoms with Crippen molar-refractivity contribution in [1.82, 2.24) is 9.47 Å². The van der Waals surface area contributed by atoms with E-state index >= 15 is 0 Å². The predicted octanol–water partition coefficient (Wildman–Crippen LogP) is 0.0979. The number of rotatable bonds is 2. The van der Waals surface area contributed by atoms with Gasteiger partial charge in [-0.3, -0.25) is 4.90 Å². The number of hydrogen-bond acceptors (Lipinski definition) is 5. The van der Waals surface area contributed by atoms with Gasteiger partial charge in [0.05, 0.1) is 6.04 Å². The first-order valence-electron chi connectivity index (χ1n) is 6.86. The van der Waals surface area contributed by atoms with Gasteiger partial charge < -0.3 is 19.5 Å². The molecular weight excluding hydrogens is 260 g/mol. The average Bonchev–Trinajstić information content (AvgIpc) is 2.84. The molecule has 3 rings (SSSR count). The zero-order valence-corrected chi connectivity index (χ0v) is 11.7. The number of ether oxygens (including phenoxy) is 1. The van der Waals surface area contributed by atoms with Gasteiger partial charge in [-0.05, 0) is 19.2 Å². The van der Waals surface area contributed by atoms with Crippen molar-refractivity contribution < 1.29 is 19.7 Å². The van der Waals surface area contributed by atoms with Gasteiger partial charge in [-0.15, -0.1) is 0 Å². The molecule has 1 aromatic rings. The molecule has 3 atom stereocenters. The number of aliphatic hydroxyl groups is 2. The number of carbonyl (C=O) groups is 1. The highest BCUT2D eigenvalue weighted by atomic mass is 16.5. The Hall–Kier alpha value is -1.37. The van der Waals surface area contributed by atoms with Crippen molar-refractivity contribution in [3.63, 3.8) is 0 Å². The van der Waals surface area contributed by atoms with Crippen LogP contribution in [0.5, 0.6) is 0 Å². The van der Waals surface area contributed by atoms with E-state index in [0.29, 0.717) is 18.5 Å². The lowest BCUT2D eigenvalue weighted by molar-refractivity contribution is -0.203. The van der Waals surface area contributed by atoms with Crippen molar-refractivity contribution in [3.05, 3.63) is 24.0 Å².